The van der Waals surface area contributed by atoms with Gasteiger partial charge in [-0.1, -0.05) is 30.7 Å². The van der Waals surface area contributed by atoms with E-state index in [9.17, 15) is 0 Å². The molecule has 8 nitrogen and oxygen atoms in total. The van der Waals surface area contributed by atoms with E-state index in [1.54, 1.807) is 14.2 Å². The molecule has 0 aliphatic carbocycles. The highest BCUT2D eigenvalue weighted by atomic mass is 35.5. The number of methoxy groups -OCH3 is 2. The van der Waals surface area contributed by atoms with Gasteiger partial charge in [0.15, 0.2) is 23.0 Å². The largest absolute Gasteiger partial charge is 0.493 e. The van der Waals surface area contributed by atoms with Crippen molar-refractivity contribution >= 4 is 33.9 Å². The Morgan fingerprint density at radius 2 is 1.72 bits per heavy atom. The van der Waals surface area contributed by atoms with Crippen LogP contribution in [0.4, 0.5) is 11.4 Å². The maximum Gasteiger partial charge on any atom is 0.231 e. The van der Waals surface area contributed by atoms with E-state index in [0.717, 1.165) is 82.5 Å². The summed E-state index contributed by atoms with van der Waals surface area (Å²) in [6, 6.07) is 14.2. The van der Waals surface area contributed by atoms with Crippen LogP contribution >= 0.6 is 11.6 Å². The molecule has 0 amide bonds. The highest BCUT2D eigenvalue weighted by molar-refractivity contribution is 6.31. The average Bonchev–Trinajstić information content (AvgIpc) is 3.58. The number of ether oxygens (including phenoxy) is 4. The third-order valence-corrected chi connectivity index (χ3v) is 8.13. The van der Waals surface area contributed by atoms with Crippen LogP contribution in [0.3, 0.4) is 0 Å². The summed E-state index contributed by atoms with van der Waals surface area (Å²) in [6.07, 6.45) is 0.809. The van der Waals surface area contributed by atoms with Crippen molar-refractivity contribution < 1.29 is 18.9 Å². The van der Waals surface area contributed by atoms with Gasteiger partial charge in [0.25, 0.3) is 0 Å². The van der Waals surface area contributed by atoms with Gasteiger partial charge in [0.05, 0.1) is 43.0 Å². The van der Waals surface area contributed by atoms with Gasteiger partial charge in [0.1, 0.15) is 0 Å². The number of halogens is 1. The molecule has 1 aromatic heterocycles. The zero-order chi connectivity index (χ0) is 27.1. The van der Waals surface area contributed by atoms with Crippen molar-refractivity contribution in [1.82, 2.24) is 9.78 Å². The molecule has 1 saturated heterocycles. The van der Waals surface area contributed by atoms with Gasteiger partial charge >= 0.3 is 0 Å². The molecule has 2 aliphatic heterocycles. The molecule has 3 heterocycles. The molecule has 204 valence electrons. The first-order valence-electron chi connectivity index (χ1n) is 13.3. The van der Waals surface area contributed by atoms with Crippen LogP contribution in [0.2, 0.25) is 5.02 Å². The lowest BCUT2D eigenvalue weighted by Gasteiger charge is -2.38. The molecular formula is C30H33ClN4O4. The van der Waals surface area contributed by atoms with Crippen LogP contribution in [-0.4, -0.2) is 57.0 Å². The molecule has 1 fully saturated rings. The standard InChI is InChI=1S/C30H33ClN4O4/c1-5-22-28-24(35(32-22)17-20-9-10-25(36-3)26(15-20)37-4)16-27-30(39-18-38-27)29(28)34-13-11-33(12-14-34)23-8-6-7-21(31)19(23)2/h6-10,15-16H,5,11-14,17-18H2,1-4H3. The number of rotatable bonds is 7. The summed E-state index contributed by atoms with van der Waals surface area (Å²) in [4.78, 5) is 4.84. The van der Waals surface area contributed by atoms with Gasteiger partial charge in [-0.2, -0.15) is 5.10 Å². The number of benzene rings is 3. The minimum absolute atomic E-state index is 0.223. The van der Waals surface area contributed by atoms with Crippen LogP contribution in [0.15, 0.2) is 42.5 Å². The van der Waals surface area contributed by atoms with Gasteiger partial charge in [-0.25, -0.2) is 0 Å². The van der Waals surface area contributed by atoms with Crippen molar-refractivity contribution in [2.45, 2.75) is 26.8 Å². The van der Waals surface area contributed by atoms with Gasteiger partial charge in [0, 0.05) is 43.0 Å². The summed E-state index contributed by atoms with van der Waals surface area (Å²) in [6.45, 7) is 8.53. The number of hydrogen-bond acceptors (Lipinski definition) is 7. The van der Waals surface area contributed by atoms with E-state index < -0.39 is 0 Å². The predicted octanol–water partition coefficient (Wildman–Crippen LogP) is 5.68. The summed E-state index contributed by atoms with van der Waals surface area (Å²) in [5, 5.41) is 7.00. The second-order valence-electron chi connectivity index (χ2n) is 9.86. The number of aromatic nitrogens is 2. The molecule has 0 bridgehead atoms. The molecule has 0 unspecified atom stereocenters. The number of piperazine rings is 1. The Labute approximate surface area is 233 Å². The van der Waals surface area contributed by atoms with E-state index in [0.29, 0.717) is 18.0 Å². The van der Waals surface area contributed by atoms with Crippen molar-refractivity contribution in [2.24, 2.45) is 0 Å². The van der Waals surface area contributed by atoms with E-state index in [1.807, 2.05) is 30.3 Å². The summed E-state index contributed by atoms with van der Waals surface area (Å²) >= 11 is 6.42. The Kier molecular flexibility index (Phi) is 6.81. The Morgan fingerprint density at radius 3 is 2.46 bits per heavy atom. The Balaban J connectivity index is 1.37. The van der Waals surface area contributed by atoms with Crippen molar-refractivity contribution in [3.05, 3.63) is 64.3 Å². The van der Waals surface area contributed by atoms with E-state index in [4.69, 9.17) is 35.6 Å². The molecule has 9 heteroatoms. The van der Waals surface area contributed by atoms with E-state index in [-0.39, 0.29) is 6.79 Å². The lowest BCUT2D eigenvalue weighted by molar-refractivity contribution is 0.174. The van der Waals surface area contributed by atoms with Gasteiger partial charge in [-0.15, -0.1) is 0 Å². The summed E-state index contributed by atoms with van der Waals surface area (Å²) in [5.74, 6) is 2.99. The van der Waals surface area contributed by atoms with E-state index in [2.05, 4.69) is 40.5 Å². The third kappa shape index (κ3) is 4.46. The van der Waals surface area contributed by atoms with Crippen molar-refractivity contribution in [3.63, 3.8) is 0 Å². The summed E-state index contributed by atoms with van der Waals surface area (Å²) in [7, 11) is 3.30. The number of anilines is 2. The van der Waals surface area contributed by atoms with Gasteiger partial charge in [-0.3, -0.25) is 4.68 Å². The van der Waals surface area contributed by atoms with Crippen molar-refractivity contribution in [2.75, 3.05) is 57.0 Å². The van der Waals surface area contributed by atoms with Crippen molar-refractivity contribution in [3.8, 4) is 23.0 Å². The average molecular weight is 549 g/mol. The monoisotopic (exact) mass is 548 g/mol. The fraction of sp³-hybridized carbons (Fsp3) is 0.367. The van der Waals surface area contributed by atoms with Gasteiger partial charge < -0.3 is 28.7 Å². The number of hydrogen-bond donors (Lipinski definition) is 0. The molecule has 0 saturated carbocycles. The molecule has 6 rings (SSSR count). The first-order valence-corrected chi connectivity index (χ1v) is 13.7. The fourth-order valence-corrected chi connectivity index (χ4v) is 5.85. The van der Waals surface area contributed by atoms with Crippen molar-refractivity contribution in [1.29, 1.82) is 0 Å². The Morgan fingerprint density at radius 1 is 0.949 bits per heavy atom. The Hall–Kier alpha value is -3.78. The maximum absolute atomic E-state index is 6.42. The SMILES string of the molecule is CCc1nn(Cc2ccc(OC)c(OC)c2)c2cc3c(c(N4CCN(c5cccc(Cl)c5C)CC4)c12)OCO3. The second kappa shape index (κ2) is 10.4. The molecule has 3 aromatic carbocycles. The smallest absolute Gasteiger partial charge is 0.231 e. The zero-order valence-corrected chi connectivity index (χ0v) is 23.5. The molecule has 0 spiro atoms. The van der Waals surface area contributed by atoms with Gasteiger partial charge in [0.2, 0.25) is 6.79 Å². The van der Waals surface area contributed by atoms with Crippen LogP contribution in [0.5, 0.6) is 23.0 Å². The summed E-state index contributed by atoms with van der Waals surface area (Å²) < 4.78 is 25.0. The van der Waals surface area contributed by atoms with E-state index >= 15 is 0 Å². The van der Waals surface area contributed by atoms with Crippen LogP contribution in [0.25, 0.3) is 10.9 Å². The molecule has 2 aliphatic rings. The summed E-state index contributed by atoms with van der Waals surface area (Å²) in [5.41, 5.74) is 6.56. The first-order chi connectivity index (χ1) is 19.0. The number of fused-ring (bicyclic) bond motifs is 2. The molecule has 4 aromatic rings. The minimum Gasteiger partial charge on any atom is -0.493 e. The lowest BCUT2D eigenvalue weighted by atomic mass is 10.1. The highest BCUT2D eigenvalue weighted by Gasteiger charge is 2.31. The van der Waals surface area contributed by atoms with E-state index in [1.165, 1.54) is 5.69 Å². The second-order valence-corrected chi connectivity index (χ2v) is 10.3. The minimum atomic E-state index is 0.223. The molecule has 0 N–H and O–H groups in total. The Bertz CT molecular complexity index is 1530. The predicted molar refractivity (Wildman–Crippen MR) is 154 cm³/mol. The number of aryl methyl sites for hydroxylation is 1. The lowest BCUT2D eigenvalue weighted by Crippen LogP contribution is -2.47. The highest BCUT2D eigenvalue weighted by Crippen LogP contribution is 2.48. The molecule has 0 atom stereocenters. The van der Waals surface area contributed by atoms with Crippen LogP contribution in [0, 0.1) is 6.92 Å². The zero-order valence-electron chi connectivity index (χ0n) is 22.8. The topological polar surface area (TPSA) is 61.2 Å². The number of nitrogens with zero attached hydrogens (tertiary/aromatic N) is 4. The van der Waals surface area contributed by atoms with Gasteiger partial charge in [-0.05, 0) is 48.7 Å². The third-order valence-electron chi connectivity index (χ3n) is 7.72. The van der Waals surface area contributed by atoms with Crippen LogP contribution in [-0.2, 0) is 13.0 Å². The molecule has 39 heavy (non-hydrogen) atoms. The quantitative estimate of drug-likeness (QED) is 0.294. The maximum atomic E-state index is 6.42. The first kappa shape index (κ1) is 25.5. The van der Waals surface area contributed by atoms with Crippen LogP contribution < -0.4 is 28.7 Å². The fourth-order valence-electron chi connectivity index (χ4n) is 5.68. The molecular weight excluding hydrogens is 516 g/mol. The normalized spacial score (nSPS) is 14.8. The van der Waals surface area contributed by atoms with Crippen LogP contribution in [0.1, 0.15) is 23.7 Å². The molecule has 0 radical (unpaired) electrons.